The topological polar surface area (TPSA) is 48.3 Å². The van der Waals surface area contributed by atoms with Crippen molar-refractivity contribution in [1.82, 2.24) is 14.9 Å². The van der Waals surface area contributed by atoms with Crippen LogP contribution in [0.5, 0.6) is 0 Å². The molecule has 1 aromatic carbocycles. The van der Waals surface area contributed by atoms with E-state index in [1.54, 1.807) is 0 Å². The summed E-state index contributed by atoms with van der Waals surface area (Å²) in [5.74, 6) is 1.09. The molecule has 1 aliphatic rings. The molecule has 2 aromatic rings. The van der Waals surface area contributed by atoms with Crippen LogP contribution in [0.15, 0.2) is 24.3 Å². The molecule has 0 spiro atoms. The van der Waals surface area contributed by atoms with Crippen molar-refractivity contribution in [3.05, 3.63) is 30.1 Å². The van der Waals surface area contributed by atoms with Crippen LogP contribution in [0.4, 0.5) is 0 Å². The van der Waals surface area contributed by atoms with Crippen molar-refractivity contribution in [2.24, 2.45) is 7.05 Å². The molecule has 2 heterocycles. The Labute approximate surface area is 118 Å². The summed E-state index contributed by atoms with van der Waals surface area (Å²) in [6, 6.07) is 8.52. The molecule has 1 atom stereocenters. The van der Waals surface area contributed by atoms with Crippen LogP contribution in [-0.2, 0) is 22.9 Å². The molecule has 20 heavy (non-hydrogen) atoms. The summed E-state index contributed by atoms with van der Waals surface area (Å²) in [6.07, 6.45) is 1.63. The molecule has 5 heteroatoms. The first-order valence-corrected chi connectivity index (χ1v) is 7.08. The van der Waals surface area contributed by atoms with Gasteiger partial charge in [0.15, 0.2) is 6.29 Å². The molecule has 1 fully saturated rings. The molecule has 0 bridgehead atoms. The van der Waals surface area contributed by atoms with Gasteiger partial charge in [0.1, 0.15) is 5.82 Å². The van der Waals surface area contributed by atoms with E-state index in [1.165, 1.54) is 5.52 Å². The number of fused-ring (bicyclic) bond motifs is 1. The van der Waals surface area contributed by atoms with Gasteiger partial charge in [-0.05, 0) is 19.2 Å². The second kappa shape index (κ2) is 5.91. The number of nitrogens with zero attached hydrogens (tertiary/aromatic N) is 2. The highest BCUT2D eigenvalue weighted by Gasteiger charge is 2.22. The standard InChI is InChI=1S/C15H21N3O2/c1-16-11(10-15-19-7-8-20-15)9-14-17-12-5-3-4-6-13(12)18(14)2/h3-6,11,15-16H,7-10H2,1-2H3. The maximum absolute atomic E-state index is 5.52. The van der Waals surface area contributed by atoms with Crippen LogP contribution in [0, 0.1) is 0 Å². The second-order valence-corrected chi connectivity index (χ2v) is 5.17. The van der Waals surface area contributed by atoms with Gasteiger partial charge in [0.25, 0.3) is 0 Å². The summed E-state index contributed by atoms with van der Waals surface area (Å²) in [5.41, 5.74) is 2.22. The lowest BCUT2D eigenvalue weighted by Gasteiger charge is -2.19. The number of para-hydroxylation sites is 2. The smallest absolute Gasteiger partial charge is 0.159 e. The monoisotopic (exact) mass is 275 g/mol. The summed E-state index contributed by atoms with van der Waals surface area (Å²) in [4.78, 5) is 4.72. The molecule has 1 aliphatic heterocycles. The van der Waals surface area contributed by atoms with E-state index < -0.39 is 0 Å². The quantitative estimate of drug-likeness (QED) is 0.897. The molecule has 1 unspecified atom stereocenters. The van der Waals surface area contributed by atoms with Crippen molar-refractivity contribution in [2.45, 2.75) is 25.2 Å². The van der Waals surface area contributed by atoms with E-state index in [0.29, 0.717) is 19.3 Å². The number of hydrogen-bond acceptors (Lipinski definition) is 4. The molecular weight excluding hydrogens is 254 g/mol. The summed E-state index contributed by atoms with van der Waals surface area (Å²) >= 11 is 0. The Kier molecular flexibility index (Phi) is 4.00. The van der Waals surface area contributed by atoms with Crippen molar-refractivity contribution in [2.75, 3.05) is 20.3 Å². The van der Waals surface area contributed by atoms with Crippen molar-refractivity contribution >= 4 is 11.0 Å². The van der Waals surface area contributed by atoms with Gasteiger partial charge in [-0.15, -0.1) is 0 Å². The van der Waals surface area contributed by atoms with E-state index in [4.69, 9.17) is 14.5 Å². The Hall–Kier alpha value is -1.43. The first-order valence-electron chi connectivity index (χ1n) is 7.08. The number of hydrogen-bond donors (Lipinski definition) is 1. The number of imidazole rings is 1. The van der Waals surface area contributed by atoms with Crippen LogP contribution in [0.25, 0.3) is 11.0 Å². The molecule has 0 aliphatic carbocycles. The maximum atomic E-state index is 5.52. The predicted molar refractivity (Wildman–Crippen MR) is 77.6 cm³/mol. The zero-order valence-electron chi connectivity index (χ0n) is 12.0. The SMILES string of the molecule is CNC(Cc1nc2ccccc2n1C)CC1OCCO1. The maximum Gasteiger partial charge on any atom is 0.159 e. The van der Waals surface area contributed by atoms with Crippen LogP contribution in [0.2, 0.25) is 0 Å². The Bertz CT molecular complexity index is 576. The minimum absolute atomic E-state index is 0.0814. The zero-order valence-corrected chi connectivity index (χ0v) is 12.0. The first kappa shape index (κ1) is 13.5. The number of aryl methyl sites for hydroxylation is 1. The van der Waals surface area contributed by atoms with E-state index in [1.807, 2.05) is 19.2 Å². The van der Waals surface area contributed by atoms with Crippen molar-refractivity contribution in [3.8, 4) is 0 Å². The van der Waals surface area contributed by atoms with Gasteiger partial charge in [0.05, 0.1) is 24.2 Å². The van der Waals surface area contributed by atoms with Crippen LogP contribution in [-0.4, -0.2) is 42.1 Å². The molecule has 1 saturated heterocycles. The van der Waals surface area contributed by atoms with E-state index in [2.05, 4.69) is 29.1 Å². The highest BCUT2D eigenvalue weighted by atomic mass is 16.7. The minimum Gasteiger partial charge on any atom is -0.350 e. The number of rotatable bonds is 5. The molecule has 108 valence electrons. The summed E-state index contributed by atoms with van der Waals surface area (Å²) in [7, 11) is 4.04. The highest BCUT2D eigenvalue weighted by molar-refractivity contribution is 5.75. The molecule has 1 aromatic heterocycles. The Morgan fingerprint density at radius 2 is 2.10 bits per heavy atom. The van der Waals surface area contributed by atoms with Crippen molar-refractivity contribution < 1.29 is 9.47 Å². The second-order valence-electron chi connectivity index (χ2n) is 5.17. The number of nitrogens with one attached hydrogen (secondary N) is 1. The third-order valence-corrected chi connectivity index (χ3v) is 3.88. The fourth-order valence-corrected chi connectivity index (χ4v) is 2.68. The lowest BCUT2D eigenvalue weighted by Crippen LogP contribution is -2.33. The normalized spacial score (nSPS) is 17.9. The Morgan fingerprint density at radius 1 is 1.35 bits per heavy atom. The van der Waals surface area contributed by atoms with Gasteiger partial charge >= 0.3 is 0 Å². The number of aromatic nitrogens is 2. The molecule has 1 N–H and O–H groups in total. The van der Waals surface area contributed by atoms with Gasteiger partial charge in [0, 0.05) is 25.9 Å². The van der Waals surface area contributed by atoms with Gasteiger partial charge < -0.3 is 19.4 Å². The fraction of sp³-hybridized carbons (Fsp3) is 0.533. The van der Waals surface area contributed by atoms with Crippen molar-refractivity contribution in [3.63, 3.8) is 0 Å². The molecule has 0 amide bonds. The van der Waals surface area contributed by atoms with E-state index >= 15 is 0 Å². The lowest BCUT2D eigenvalue weighted by atomic mass is 10.1. The largest absolute Gasteiger partial charge is 0.350 e. The molecule has 5 nitrogen and oxygen atoms in total. The predicted octanol–water partition coefficient (Wildman–Crippen LogP) is 1.47. The molecular formula is C15H21N3O2. The Morgan fingerprint density at radius 3 is 2.80 bits per heavy atom. The van der Waals surface area contributed by atoms with Gasteiger partial charge in [-0.25, -0.2) is 4.98 Å². The van der Waals surface area contributed by atoms with Gasteiger partial charge in [-0.3, -0.25) is 0 Å². The molecule has 0 saturated carbocycles. The van der Waals surface area contributed by atoms with Crippen molar-refractivity contribution in [1.29, 1.82) is 0 Å². The van der Waals surface area contributed by atoms with Crippen LogP contribution in [0.1, 0.15) is 12.2 Å². The third kappa shape index (κ3) is 2.70. The van der Waals surface area contributed by atoms with Gasteiger partial charge in [0.2, 0.25) is 0 Å². The van der Waals surface area contributed by atoms with Crippen LogP contribution >= 0.6 is 0 Å². The molecule has 0 radical (unpaired) electrons. The minimum atomic E-state index is -0.0814. The summed E-state index contributed by atoms with van der Waals surface area (Å²) in [6.45, 7) is 1.40. The number of benzene rings is 1. The molecule has 3 rings (SSSR count). The van der Waals surface area contributed by atoms with E-state index in [9.17, 15) is 0 Å². The first-order chi connectivity index (χ1) is 9.78. The van der Waals surface area contributed by atoms with Gasteiger partial charge in [-0.1, -0.05) is 12.1 Å². The summed E-state index contributed by atoms with van der Waals surface area (Å²) < 4.78 is 13.2. The number of likely N-dealkylation sites (N-methyl/N-ethyl adjacent to an activating group) is 1. The van der Waals surface area contributed by atoms with Crippen LogP contribution in [0.3, 0.4) is 0 Å². The van der Waals surface area contributed by atoms with E-state index in [-0.39, 0.29) is 6.29 Å². The average Bonchev–Trinajstić information content (AvgIpc) is 3.08. The Balaban J connectivity index is 1.74. The van der Waals surface area contributed by atoms with Crippen LogP contribution < -0.4 is 5.32 Å². The lowest BCUT2D eigenvalue weighted by molar-refractivity contribution is -0.0523. The highest BCUT2D eigenvalue weighted by Crippen LogP contribution is 2.18. The number of ether oxygens (including phenoxy) is 2. The van der Waals surface area contributed by atoms with Gasteiger partial charge in [-0.2, -0.15) is 0 Å². The van der Waals surface area contributed by atoms with E-state index in [0.717, 1.165) is 24.2 Å². The zero-order chi connectivity index (χ0) is 13.9. The third-order valence-electron chi connectivity index (χ3n) is 3.88. The average molecular weight is 275 g/mol. The summed E-state index contributed by atoms with van der Waals surface area (Å²) in [5, 5.41) is 3.34. The fourth-order valence-electron chi connectivity index (χ4n) is 2.68.